The van der Waals surface area contributed by atoms with E-state index in [2.05, 4.69) is 4.99 Å². The van der Waals surface area contributed by atoms with Crippen LogP contribution in [-0.2, 0) is 15.6 Å². The molecule has 0 spiro atoms. The molecular weight excluding hydrogens is 403 g/mol. The average Bonchev–Trinajstić information content (AvgIpc) is 2.30. The average molecular weight is 415 g/mol. The van der Waals surface area contributed by atoms with E-state index in [0.717, 1.165) is 10.4 Å². The number of rotatable bonds is 1. The molecule has 1 aromatic rings. The van der Waals surface area contributed by atoms with Crippen molar-refractivity contribution in [2.45, 2.75) is 12.5 Å². The lowest BCUT2D eigenvalue weighted by Gasteiger charge is -2.34. The van der Waals surface area contributed by atoms with Crippen molar-refractivity contribution in [1.82, 2.24) is 4.31 Å². The van der Waals surface area contributed by atoms with Gasteiger partial charge in [-0.2, -0.15) is 0 Å². The molecule has 0 saturated carbocycles. The Hall–Kier alpha value is -0.970. The van der Waals surface area contributed by atoms with Crippen molar-refractivity contribution in [2.75, 3.05) is 12.8 Å². The molecule has 5 nitrogen and oxygen atoms in total. The summed E-state index contributed by atoms with van der Waals surface area (Å²) in [5.41, 5.74) is 3.99. The minimum atomic E-state index is -3.72. The van der Waals surface area contributed by atoms with Gasteiger partial charge in [0.1, 0.15) is 5.54 Å². The van der Waals surface area contributed by atoms with Gasteiger partial charge in [-0.05, 0) is 41.6 Å². The lowest BCUT2D eigenvalue weighted by molar-refractivity contribution is 0.435. The molecule has 110 valence electrons. The third-order valence-corrected chi connectivity index (χ3v) is 5.71. The van der Waals surface area contributed by atoms with Crippen molar-refractivity contribution < 1.29 is 17.2 Å². The highest BCUT2D eigenvalue weighted by molar-refractivity contribution is 14.1. The van der Waals surface area contributed by atoms with Crippen LogP contribution in [0.3, 0.4) is 0 Å². The fraction of sp³-hybridized carbons (Fsp3) is 0.364. The number of hydrogen-bond donors (Lipinski definition) is 1. The SMILES string of the molecule is CN1C(N)=N[C@](C)(c2cc(I)cc(F)c2F)CS1(=O)=O. The summed E-state index contributed by atoms with van der Waals surface area (Å²) in [5, 5.41) is 0. The largest absolute Gasteiger partial charge is 0.369 e. The number of halogens is 3. The zero-order chi connectivity index (χ0) is 15.3. The standard InChI is InChI=1S/C11H12F2IN3O2S/c1-11(5-20(18,19)17(2)10(15)16-11)7-3-6(14)4-8(12)9(7)13/h3-4H,5H2,1-2H3,(H2,15,16)/t11-/m0/s1. The summed E-state index contributed by atoms with van der Waals surface area (Å²) < 4.78 is 52.8. The molecule has 0 aliphatic carbocycles. The minimum absolute atomic E-state index is 0.124. The van der Waals surface area contributed by atoms with E-state index in [1.807, 2.05) is 22.6 Å². The Bertz CT molecular complexity index is 708. The molecule has 1 aliphatic rings. The minimum Gasteiger partial charge on any atom is -0.369 e. The maximum atomic E-state index is 14.0. The molecule has 1 atom stereocenters. The molecular formula is C11H12F2IN3O2S. The van der Waals surface area contributed by atoms with E-state index in [4.69, 9.17) is 5.73 Å². The maximum absolute atomic E-state index is 14.0. The topological polar surface area (TPSA) is 75.8 Å². The third kappa shape index (κ3) is 2.48. The normalized spacial score (nSPS) is 25.4. The molecule has 1 aromatic carbocycles. The lowest BCUT2D eigenvalue weighted by Crippen LogP contribution is -2.50. The molecule has 0 amide bonds. The Balaban J connectivity index is 2.69. The van der Waals surface area contributed by atoms with Gasteiger partial charge in [0.15, 0.2) is 11.6 Å². The second kappa shape index (κ2) is 4.79. The van der Waals surface area contributed by atoms with Crippen LogP contribution in [0, 0.1) is 15.2 Å². The van der Waals surface area contributed by atoms with Gasteiger partial charge in [0.25, 0.3) is 0 Å². The molecule has 1 aliphatic heterocycles. The van der Waals surface area contributed by atoms with Gasteiger partial charge in [0, 0.05) is 16.2 Å². The first kappa shape index (κ1) is 15.4. The summed E-state index contributed by atoms with van der Waals surface area (Å²) >= 11 is 1.82. The van der Waals surface area contributed by atoms with Crippen LogP contribution in [0.25, 0.3) is 0 Å². The molecule has 0 saturated heterocycles. The predicted molar refractivity (Wildman–Crippen MR) is 79.6 cm³/mol. The quantitative estimate of drug-likeness (QED) is 0.556. The summed E-state index contributed by atoms with van der Waals surface area (Å²) in [7, 11) is -2.46. The second-order valence-corrected chi connectivity index (χ2v) is 7.96. The van der Waals surface area contributed by atoms with Crippen molar-refractivity contribution in [1.29, 1.82) is 0 Å². The number of guanidine groups is 1. The van der Waals surface area contributed by atoms with Crippen molar-refractivity contribution in [2.24, 2.45) is 10.7 Å². The van der Waals surface area contributed by atoms with Crippen LogP contribution < -0.4 is 5.73 Å². The molecule has 20 heavy (non-hydrogen) atoms. The fourth-order valence-electron chi connectivity index (χ4n) is 2.04. The molecule has 0 fully saturated rings. The Morgan fingerprint density at radius 2 is 2.05 bits per heavy atom. The van der Waals surface area contributed by atoms with Gasteiger partial charge in [-0.15, -0.1) is 0 Å². The van der Waals surface area contributed by atoms with Gasteiger partial charge in [-0.25, -0.2) is 26.5 Å². The Kier molecular flexibility index (Phi) is 3.70. The van der Waals surface area contributed by atoms with E-state index in [1.165, 1.54) is 20.0 Å². The number of nitrogens with two attached hydrogens (primary N) is 1. The number of hydrogen-bond acceptors (Lipinski definition) is 4. The first-order valence-electron chi connectivity index (χ1n) is 5.54. The molecule has 0 radical (unpaired) electrons. The molecule has 1 heterocycles. The Labute approximate surface area is 129 Å². The molecule has 2 rings (SSSR count). The number of aliphatic imine (C=N–C) groups is 1. The van der Waals surface area contributed by atoms with E-state index < -0.39 is 32.9 Å². The van der Waals surface area contributed by atoms with Crippen molar-refractivity contribution >= 4 is 38.6 Å². The van der Waals surface area contributed by atoms with Crippen molar-refractivity contribution in [3.05, 3.63) is 32.9 Å². The van der Waals surface area contributed by atoms with Gasteiger partial charge in [0.05, 0.1) is 5.75 Å². The van der Waals surface area contributed by atoms with Crippen LogP contribution in [0.1, 0.15) is 12.5 Å². The monoisotopic (exact) mass is 415 g/mol. The highest BCUT2D eigenvalue weighted by Crippen LogP contribution is 2.34. The van der Waals surface area contributed by atoms with Crippen LogP contribution in [0.2, 0.25) is 0 Å². The second-order valence-electron chi connectivity index (χ2n) is 4.72. The van der Waals surface area contributed by atoms with E-state index in [1.54, 1.807) is 0 Å². The number of benzene rings is 1. The molecule has 0 unspecified atom stereocenters. The van der Waals surface area contributed by atoms with Gasteiger partial charge < -0.3 is 5.73 Å². The van der Waals surface area contributed by atoms with E-state index in [0.29, 0.717) is 3.57 Å². The van der Waals surface area contributed by atoms with Crippen LogP contribution in [0.15, 0.2) is 17.1 Å². The van der Waals surface area contributed by atoms with E-state index in [9.17, 15) is 17.2 Å². The maximum Gasteiger partial charge on any atom is 0.239 e. The van der Waals surface area contributed by atoms with Gasteiger partial charge in [-0.1, -0.05) is 0 Å². The smallest absolute Gasteiger partial charge is 0.239 e. The molecule has 0 aromatic heterocycles. The Morgan fingerprint density at radius 3 is 2.60 bits per heavy atom. The summed E-state index contributed by atoms with van der Waals surface area (Å²) in [4.78, 5) is 4.04. The van der Waals surface area contributed by atoms with Crippen molar-refractivity contribution in [3.8, 4) is 0 Å². The summed E-state index contributed by atoms with van der Waals surface area (Å²) in [6.45, 7) is 1.42. The zero-order valence-corrected chi connectivity index (χ0v) is 13.7. The third-order valence-electron chi connectivity index (χ3n) is 3.14. The highest BCUT2D eigenvalue weighted by atomic mass is 127. The highest BCUT2D eigenvalue weighted by Gasteiger charge is 2.42. The van der Waals surface area contributed by atoms with E-state index >= 15 is 0 Å². The zero-order valence-electron chi connectivity index (χ0n) is 10.7. The number of sulfonamides is 1. The molecule has 9 heteroatoms. The molecule has 2 N–H and O–H groups in total. The van der Waals surface area contributed by atoms with Crippen LogP contribution >= 0.6 is 22.6 Å². The fourth-order valence-corrected chi connectivity index (χ4v) is 4.07. The van der Waals surface area contributed by atoms with Gasteiger partial charge >= 0.3 is 0 Å². The van der Waals surface area contributed by atoms with Crippen molar-refractivity contribution in [3.63, 3.8) is 0 Å². The summed E-state index contributed by atoms with van der Waals surface area (Å²) in [5.74, 6) is -2.88. The van der Waals surface area contributed by atoms with Gasteiger partial charge in [-0.3, -0.25) is 0 Å². The van der Waals surface area contributed by atoms with Crippen LogP contribution in [0.5, 0.6) is 0 Å². The first-order valence-corrected chi connectivity index (χ1v) is 8.22. The Morgan fingerprint density at radius 1 is 1.45 bits per heavy atom. The summed E-state index contributed by atoms with van der Waals surface area (Å²) in [6, 6.07) is 2.40. The van der Waals surface area contributed by atoms with Gasteiger partial charge in [0.2, 0.25) is 16.0 Å². The van der Waals surface area contributed by atoms with Crippen LogP contribution in [0.4, 0.5) is 8.78 Å². The first-order chi connectivity index (χ1) is 9.07. The lowest BCUT2D eigenvalue weighted by atomic mass is 9.94. The summed E-state index contributed by atoms with van der Waals surface area (Å²) in [6.07, 6.45) is 0. The van der Waals surface area contributed by atoms with E-state index in [-0.39, 0.29) is 11.5 Å². The predicted octanol–water partition coefficient (Wildman–Crippen LogP) is 1.37. The number of nitrogens with zero attached hydrogens (tertiary/aromatic N) is 2. The molecule has 0 bridgehead atoms. The van der Waals surface area contributed by atoms with Crippen LogP contribution in [-0.4, -0.2) is 31.5 Å².